The maximum Gasteiger partial charge on any atom is 0.211 e. The Bertz CT molecular complexity index is 694. The minimum Gasteiger partial charge on any atom is -0.215 e. The van der Waals surface area contributed by atoms with E-state index >= 15 is 0 Å². The van der Waals surface area contributed by atoms with Crippen molar-refractivity contribution in [3.05, 3.63) is 35.9 Å². The summed E-state index contributed by atoms with van der Waals surface area (Å²) in [6, 6.07) is 9.52. The van der Waals surface area contributed by atoms with Crippen molar-refractivity contribution in [3.8, 4) is 0 Å². The molecule has 2 rings (SSSR count). The number of hydrogen-bond acceptors (Lipinski definition) is 4. The Balaban J connectivity index is 1.75. The van der Waals surface area contributed by atoms with Crippen LogP contribution in [-0.4, -0.2) is 52.8 Å². The van der Waals surface area contributed by atoms with E-state index in [2.05, 4.69) is 4.72 Å². The summed E-state index contributed by atoms with van der Waals surface area (Å²) in [5, 5.41) is 0. The first-order valence-corrected chi connectivity index (χ1v) is 11.2. The van der Waals surface area contributed by atoms with Gasteiger partial charge in [-0.25, -0.2) is 25.9 Å². The second kappa shape index (κ2) is 7.74. The predicted octanol–water partition coefficient (Wildman–Crippen LogP) is 0.820. The Morgan fingerprint density at radius 2 is 1.70 bits per heavy atom. The van der Waals surface area contributed by atoms with Crippen molar-refractivity contribution >= 4 is 20.0 Å². The van der Waals surface area contributed by atoms with E-state index in [1.54, 1.807) is 0 Å². The van der Waals surface area contributed by atoms with E-state index in [0.717, 1.165) is 5.56 Å². The van der Waals surface area contributed by atoms with Gasteiger partial charge in [0.1, 0.15) is 0 Å². The van der Waals surface area contributed by atoms with Crippen LogP contribution in [0.1, 0.15) is 18.4 Å². The summed E-state index contributed by atoms with van der Waals surface area (Å²) in [4.78, 5) is 0. The number of rotatable bonds is 7. The number of benzene rings is 1. The van der Waals surface area contributed by atoms with Crippen molar-refractivity contribution in [2.24, 2.45) is 5.92 Å². The lowest BCUT2D eigenvalue weighted by molar-refractivity contribution is 0.275. The van der Waals surface area contributed by atoms with Crippen LogP contribution in [-0.2, 0) is 26.5 Å². The third-order valence-electron chi connectivity index (χ3n) is 4.14. The fraction of sp³-hybridized carbons (Fsp3) is 0.600. The highest BCUT2D eigenvalue weighted by Gasteiger charge is 2.25. The van der Waals surface area contributed by atoms with Gasteiger partial charge in [0.25, 0.3) is 0 Å². The smallest absolute Gasteiger partial charge is 0.211 e. The Morgan fingerprint density at radius 3 is 2.26 bits per heavy atom. The highest BCUT2D eigenvalue weighted by Crippen LogP contribution is 2.18. The topological polar surface area (TPSA) is 83.6 Å². The number of sulfonamides is 2. The van der Waals surface area contributed by atoms with Crippen molar-refractivity contribution in [3.63, 3.8) is 0 Å². The normalized spacial score (nSPS) is 18.1. The van der Waals surface area contributed by atoms with Crippen molar-refractivity contribution in [2.75, 3.05) is 31.6 Å². The molecule has 0 aromatic heterocycles. The van der Waals surface area contributed by atoms with Crippen molar-refractivity contribution < 1.29 is 16.8 Å². The Morgan fingerprint density at radius 1 is 1.09 bits per heavy atom. The van der Waals surface area contributed by atoms with Crippen molar-refractivity contribution in [2.45, 2.75) is 19.3 Å². The zero-order chi connectivity index (χ0) is 16.9. The van der Waals surface area contributed by atoms with Crippen molar-refractivity contribution in [1.29, 1.82) is 0 Å². The first kappa shape index (κ1) is 18.4. The van der Waals surface area contributed by atoms with Gasteiger partial charge < -0.3 is 0 Å². The van der Waals surface area contributed by atoms with E-state index in [9.17, 15) is 16.8 Å². The van der Waals surface area contributed by atoms with Gasteiger partial charge in [0.15, 0.2) is 0 Å². The molecular formula is C15H24N2O4S2. The molecule has 1 fully saturated rings. The van der Waals surface area contributed by atoms with Crippen LogP contribution < -0.4 is 4.72 Å². The van der Waals surface area contributed by atoms with Crippen LogP contribution in [0.15, 0.2) is 30.3 Å². The summed E-state index contributed by atoms with van der Waals surface area (Å²) in [7, 11) is -6.44. The molecule has 1 aromatic carbocycles. The van der Waals surface area contributed by atoms with Crippen LogP contribution in [0.5, 0.6) is 0 Å². The molecule has 1 aliphatic rings. The van der Waals surface area contributed by atoms with Crippen LogP contribution in [0, 0.1) is 5.92 Å². The van der Waals surface area contributed by atoms with E-state index in [4.69, 9.17) is 0 Å². The van der Waals surface area contributed by atoms with E-state index in [1.165, 1.54) is 10.6 Å². The van der Waals surface area contributed by atoms with Gasteiger partial charge in [-0.15, -0.1) is 0 Å². The first-order chi connectivity index (χ1) is 10.8. The van der Waals surface area contributed by atoms with E-state index in [1.807, 2.05) is 30.3 Å². The monoisotopic (exact) mass is 360 g/mol. The Labute approximate surface area is 139 Å². The lowest BCUT2D eigenvalue weighted by Crippen LogP contribution is -2.41. The molecule has 1 N–H and O–H groups in total. The average Bonchev–Trinajstić information content (AvgIpc) is 2.52. The standard InChI is InChI=1S/C15H24N2O4S2/c1-22(18,19)17-10-7-15(8-11-17)13-16-23(20,21)12-9-14-5-3-2-4-6-14/h2-6,15-16H,7-13H2,1H3. The zero-order valence-electron chi connectivity index (χ0n) is 13.3. The summed E-state index contributed by atoms with van der Waals surface area (Å²) >= 11 is 0. The lowest BCUT2D eigenvalue weighted by atomic mass is 9.99. The summed E-state index contributed by atoms with van der Waals surface area (Å²) in [6.45, 7) is 1.32. The van der Waals surface area contributed by atoms with Gasteiger partial charge in [0.2, 0.25) is 20.0 Å². The molecule has 0 saturated carbocycles. The van der Waals surface area contributed by atoms with Gasteiger partial charge in [-0.3, -0.25) is 0 Å². The molecule has 23 heavy (non-hydrogen) atoms. The molecule has 0 atom stereocenters. The fourth-order valence-corrected chi connectivity index (χ4v) is 4.67. The SMILES string of the molecule is CS(=O)(=O)N1CCC(CNS(=O)(=O)CCc2ccccc2)CC1. The molecule has 0 amide bonds. The van der Waals surface area contributed by atoms with E-state index in [-0.39, 0.29) is 11.7 Å². The molecule has 8 heteroatoms. The molecule has 1 saturated heterocycles. The minimum absolute atomic E-state index is 0.0686. The summed E-state index contributed by atoms with van der Waals surface area (Å²) in [5.74, 6) is 0.263. The van der Waals surface area contributed by atoms with Crippen molar-refractivity contribution in [1.82, 2.24) is 9.03 Å². The zero-order valence-corrected chi connectivity index (χ0v) is 14.9. The Kier molecular flexibility index (Phi) is 6.19. The molecule has 0 radical (unpaired) electrons. The predicted molar refractivity (Wildman–Crippen MR) is 91.1 cm³/mol. The van der Waals surface area contributed by atoms with Gasteiger partial charge in [-0.1, -0.05) is 30.3 Å². The third-order valence-corrected chi connectivity index (χ3v) is 6.79. The van der Waals surface area contributed by atoms with E-state index in [0.29, 0.717) is 38.9 Å². The Hall–Kier alpha value is -0.960. The van der Waals surface area contributed by atoms with Crippen LogP contribution in [0.2, 0.25) is 0 Å². The molecular weight excluding hydrogens is 336 g/mol. The quantitative estimate of drug-likeness (QED) is 0.780. The van der Waals surface area contributed by atoms with Crippen LogP contribution in [0.25, 0.3) is 0 Å². The number of piperidine rings is 1. The van der Waals surface area contributed by atoms with Crippen LogP contribution in [0.4, 0.5) is 0 Å². The molecule has 0 bridgehead atoms. The van der Waals surface area contributed by atoms with Crippen LogP contribution >= 0.6 is 0 Å². The molecule has 0 spiro atoms. The highest BCUT2D eigenvalue weighted by molar-refractivity contribution is 7.89. The van der Waals surface area contributed by atoms with E-state index < -0.39 is 20.0 Å². The third kappa shape index (κ3) is 6.21. The number of hydrogen-bond donors (Lipinski definition) is 1. The summed E-state index contributed by atoms with van der Waals surface area (Å²) < 4.78 is 51.1. The highest BCUT2D eigenvalue weighted by atomic mass is 32.2. The molecule has 1 aliphatic heterocycles. The maximum atomic E-state index is 12.1. The fourth-order valence-electron chi connectivity index (χ4n) is 2.66. The van der Waals surface area contributed by atoms with Gasteiger partial charge >= 0.3 is 0 Å². The molecule has 0 unspecified atom stereocenters. The number of nitrogens with one attached hydrogen (secondary N) is 1. The van der Waals surface area contributed by atoms with Gasteiger partial charge in [-0.05, 0) is 30.7 Å². The van der Waals surface area contributed by atoms with Gasteiger partial charge in [0, 0.05) is 19.6 Å². The molecule has 1 aromatic rings. The molecule has 1 heterocycles. The van der Waals surface area contributed by atoms with Gasteiger partial charge in [0.05, 0.1) is 12.0 Å². The maximum absolute atomic E-state index is 12.1. The van der Waals surface area contributed by atoms with Gasteiger partial charge in [-0.2, -0.15) is 0 Å². The minimum atomic E-state index is -3.30. The second-order valence-electron chi connectivity index (χ2n) is 6.01. The molecule has 6 nitrogen and oxygen atoms in total. The molecule has 0 aliphatic carbocycles. The summed E-state index contributed by atoms with van der Waals surface area (Å²) in [5.41, 5.74) is 0.999. The lowest BCUT2D eigenvalue weighted by Gasteiger charge is -2.30. The number of nitrogens with zero attached hydrogens (tertiary/aromatic N) is 1. The molecule has 130 valence electrons. The first-order valence-electron chi connectivity index (χ1n) is 7.73. The largest absolute Gasteiger partial charge is 0.215 e. The second-order valence-corrected chi connectivity index (χ2v) is 9.92. The number of aryl methyl sites for hydroxylation is 1. The van der Waals surface area contributed by atoms with Crippen LogP contribution in [0.3, 0.4) is 0 Å². The summed E-state index contributed by atoms with van der Waals surface area (Å²) in [6.07, 6.45) is 3.07. The average molecular weight is 361 g/mol.